The lowest BCUT2D eigenvalue weighted by Gasteiger charge is -2.03. The van der Waals surface area contributed by atoms with Crippen molar-refractivity contribution in [2.24, 2.45) is 0 Å². The monoisotopic (exact) mass is 400 g/mol. The number of benzene rings is 2. The lowest BCUT2D eigenvalue weighted by Crippen LogP contribution is -2.23. The van der Waals surface area contributed by atoms with Crippen molar-refractivity contribution in [1.82, 2.24) is 10.0 Å². The van der Waals surface area contributed by atoms with E-state index in [9.17, 15) is 13.2 Å². The van der Waals surface area contributed by atoms with Crippen LogP contribution in [0.4, 0.5) is 0 Å². The quantitative estimate of drug-likeness (QED) is 0.598. The van der Waals surface area contributed by atoms with E-state index in [4.69, 9.17) is 0 Å². The van der Waals surface area contributed by atoms with Crippen molar-refractivity contribution in [3.63, 3.8) is 0 Å². The molecule has 2 aromatic carbocycles. The second kappa shape index (κ2) is 8.47. The molecule has 140 valence electrons. The van der Waals surface area contributed by atoms with Crippen molar-refractivity contribution in [2.75, 3.05) is 13.6 Å². The third-order valence-corrected chi connectivity index (χ3v) is 6.58. The van der Waals surface area contributed by atoms with E-state index in [1.165, 1.54) is 40.9 Å². The number of amides is 1. The van der Waals surface area contributed by atoms with Gasteiger partial charge in [0.25, 0.3) is 0 Å². The van der Waals surface area contributed by atoms with Gasteiger partial charge in [0.05, 0.1) is 4.90 Å². The van der Waals surface area contributed by atoms with Gasteiger partial charge in [-0.25, -0.2) is 13.1 Å². The van der Waals surface area contributed by atoms with Crippen molar-refractivity contribution in [2.45, 2.75) is 11.3 Å². The fourth-order valence-corrected chi connectivity index (χ4v) is 4.38. The van der Waals surface area contributed by atoms with Gasteiger partial charge in [0, 0.05) is 17.3 Å². The first-order valence-electron chi connectivity index (χ1n) is 8.44. The Morgan fingerprint density at radius 1 is 1.11 bits per heavy atom. The Balaban J connectivity index is 1.53. The summed E-state index contributed by atoms with van der Waals surface area (Å²) < 4.78 is 26.9. The highest BCUT2D eigenvalue weighted by atomic mass is 32.2. The maximum Gasteiger partial charge on any atom is 0.244 e. The van der Waals surface area contributed by atoms with Gasteiger partial charge in [-0.15, -0.1) is 11.3 Å². The number of fused-ring (bicyclic) bond motifs is 1. The number of rotatable bonds is 7. The molecule has 1 amide bonds. The summed E-state index contributed by atoms with van der Waals surface area (Å²) in [6.07, 6.45) is 3.89. The van der Waals surface area contributed by atoms with Crippen LogP contribution in [0.2, 0.25) is 0 Å². The molecule has 27 heavy (non-hydrogen) atoms. The molecule has 1 aromatic heterocycles. The highest BCUT2D eigenvalue weighted by Gasteiger charge is 2.09. The Kier molecular flexibility index (Phi) is 6.05. The molecule has 0 atom stereocenters. The molecule has 0 radical (unpaired) electrons. The average molecular weight is 401 g/mol. The van der Waals surface area contributed by atoms with Gasteiger partial charge in [-0.1, -0.05) is 30.3 Å². The summed E-state index contributed by atoms with van der Waals surface area (Å²) in [6, 6.07) is 14.6. The number of thiophene rings is 1. The van der Waals surface area contributed by atoms with Crippen LogP contribution in [0.25, 0.3) is 16.2 Å². The normalized spacial score (nSPS) is 11.9. The van der Waals surface area contributed by atoms with Crippen LogP contribution in [0.15, 0.2) is 64.9 Å². The van der Waals surface area contributed by atoms with Crippen molar-refractivity contribution in [1.29, 1.82) is 0 Å². The third kappa shape index (κ3) is 4.82. The molecule has 0 aliphatic carbocycles. The van der Waals surface area contributed by atoms with Crippen LogP contribution < -0.4 is 10.0 Å². The predicted molar refractivity (Wildman–Crippen MR) is 110 cm³/mol. The maximum absolute atomic E-state index is 12.0. The van der Waals surface area contributed by atoms with E-state index < -0.39 is 10.0 Å². The molecule has 2 N–H and O–H groups in total. The topological polar surface area (TPSA) is 75.3 Å². The molecule has 0 fully saturated rings. The number of carbonyl (C=O) groups is 1. The Bertz CT molecular complexity index is 1070. The number of hydrogen-bond donors (Lipinski definition) is 2. The number of nitrogens with one attached hydrogen (secondary N) is 2. The van der Waals surface area contributed by atoms with E-state index in [0.717, 1.165) is 12.0 Å². The Morgan fingerprint density at radius 2 is 1.85 bits per heavy atom. The van der Waals surface area contributed by atoms with E-state index in [0.29, 0.717) is 6.54 Å². The number of sulfonamides is 1. The molecule has 0 saturated carbocycles. The molecule has 0 bridgehead atoms. The van der Waals surface area contributed by atoms with Gasteiger partial charge in [0.1, 0.15) is 0 Å². The molecule has 7 heteroatoms. The number of hydrogen-bond acceptors (Lipinski definition) is 4. The number of carbonyl (C=O) groups excluding carboxylic acids is 1. The maximum atomic E-state index is 12.0. The minimum absolute atomic E-state index is 0.179. The first kappa shape index (κ1) is 19.3. The minimum Gasteiger partial charge on any atom is -0.352 e. The summed E-state index contributed by atoms with van der Waals surface area (Å²) in [4.78, 5) is 12.2. The van der Waals surface area contributed by atoms with E-state index in [1.807, 2.05) is 12.1 Å². The first-order valence-corrected chi connectivity index (χ1v) is 10.8. The van der Waals surface area contributed by atoms with Gasteiger partial charge in [0.15, 0.2) is 0 Å². The molecule has 0 saturated heterocycles. The SMILES string of the molecule is CNS(=O)(=O)c1ccc(/C=C/C(=O)NCCc2csc3ccccc23)cc1. The second-order valence-corrected chi connectivity index (χ2v) is 8.71. The Morgan fingerprint density at radius 3 is 2.59 bits per heavy atom. The standard InChI is InChI=1S/C20H20N2O3S2/c1-21-27(24,25)17-9-6-15(7-10-17)8-11-20(23)22-13-12-16-14-26-19-5-3-2-4-18(16)19/h2-11,14,21H,12-13H2,1H3,(H,22,23)/b11-8+. The molecule has 0 aliphatic rings. The molecular weight excluding hydrogens is 380 g/mol. The molecule has 3 aromatic rings. The average Bonchev–Trinajstić information content (AvgIpc) is 3.10. The van der Waals surface area contributed by atoms with Crippen molar-refractivity contribution < 1.29 is 13.2 Å². The van der Waals surface area contributed by atoms with E-state index >= 15 is 0 Å². The Hall–Kier alpha value is -2.48. The summed E-state index contributed by atoms with van der Waals surface area (Å²) in [5.41, 5.74) is 1.99. The fraction of sp³-hybridized carbons (Fsp3) is 0.150. The van der Waals surface area contributed by atoms with Crippen LogP contribution in [0.5, 0.6) is 0 Å². The van der Waals surface area contributed by atoms with Gasteiger partial charge in [0.2, 0.25) is 15.9 Å². The van der Waals surface area contributed by atoms with Crippen LogP contribution in [0, 0.1) is 0 Å². The second-order valence-electron chi connectivity index (χ2n) is 5.91. The van der Waals surface area contributed by atoms with Crippen LogP contribution in [0.1, 0.15) is 11.1 Å². The van der Waals surface area contributed by atoms with Crippen LogP contribution in [0.3, 0.4) is 0 Å². The molecule has 1 heterocycles. The predicted octanol–water partition coefficient (Wildman–Crippen LogP) is 3.18. The zero-order chi connectivity index (χ0) is 19.3. The molecule has 5 nitrogen and oxygen atoms in total. The highest BCUT2D eigenvalue weighted by Crippen LogP contribution is 2.25. The van der Waals surface area contributed by atoms with Gasteiger partial charge in [-0.3, -0.25) is 4.79 Å². The fourth-order valence-electron chi connectivity index (χ4n) is 2.65. The lowest BCUT2D eigenvalue weighted by atomic mass is 10.1. The van der Waals surface area contributed by atoms with Crippen molar-refractivity contribution in [3.05, 3.63) is 71.1 Å². The highest BCUT2D eigenvalue weighted by molar-refractivity contribution is 7.89. The molecular formula is C20H20N2O3S2. The summed E-state index contributed by atoms with van der Waals surface area (Å²) in [7, 11) is -2.08. The molecule has 3 rings (SSSR count). The van der Waals surface area contributed by atoms with Crippen LogP contribution >= 0.6 is 11.3 Å². The largest absolute Gasteiger partial charge is 0.352 e. The van der Waals surface area contributed by atoms with Crippen molar-refractivity contribution in [3.8, 4) is 0 Å². The minimum atomic E-state index is -3.45. The lowest BCUT2D eigenvalue weighted by molar-refractivity contribution is -0.116. The summed E-state index contributed by atoms with van der Waals surface area (Å²) in [6.45, 7) is 0.559. The summed E-state index contributed by atoms with van der Waals surface area (Å²) in [5, 5.41) is 6.25. The van der Waals surface area contributed by atoms with E-state index in [-0.39, 0.29) is 10.8 Å². The van der Waals surface area contributed by atoms with Gasteiger partial charge < -0.3 is 5.32 Å². The van der Waals surface area contributed by atoms with Gasteiger partial charge in [-0.2, -0.15) is 0 Å². The van der Waals surface area contributed by atoms with Crippen LogP contribution in [-0.2, 0) is 21.2 Å². The summed E-state index contributed by atoms with van der Waals surface area (Å²) >= 11 is 1.71. The van der Waals surface area contributed by atoms with E-state index in [2.05, 4.69) is 27.6 Å². The smallest absolute Gasteiger partial charge is 0.244 e. The molecule has 0 aliphatic heterocycles. The van der Waals surface area contributed by atoms with Crippen molar-refractivity contribution >= 4 is 43.4 Å². The van der Waals surface area contributed by atoms with Crippen LogP contribution in [-0.4, -0.2) is 27.9 Å². The zero-order valence-corrected chi connectivity index (χ0v) is 16.4. The Labute approximate surface area is 162 Å². The molecule has 0 unspecified atom stereocenters. The third-order valence-electron chi connectivity index (χ3n) is 4.14. The van der Waals surface area contributed by atoms with Gasteiger partial charge >= 0.3 is 0 Å². The van der Waals surface area contributed by atoms with E-state index in [1.54, 1.807) is 29.5 Å². The van der Waals surface area contributed by atoms with Gasteiger partial charge in [-0.05, 0) is 59.6 Å². The first-order chi connectivity index (χ1) is 13.0. The summed E-state index contributed by atoms with van der Waals surface area (Å²) in [5.74, 6) is -0.179. The zero-order valence-electron chi connectivity index (χ0n) is 14.8. The molecule has 0 spiro atoms.